The first-order valence-corrected chi connectivity index (χ1v) is 8.65. The molecule has 0 radical (unpaired) electrons. The minimum Gasteiger partial charge on any atom is -0.240 e. The van der Waals surface area contributed by atoms with Crippen LogP contribution in [0.3, 0.4) is 0 Å². The summed E-state index contributed by atoms with van der Waals surface area (Å²) in [7, 11) is 0. The quantitative estimate of drug-likeness (QED) is 0.554. The molecule has 0 fully saturated rings. The zero-order valence-electron chi connectivity index (χ0n) is 14.8. The number of nitrogens with zero attached hydrogens (tertiary/aromatic N) is 2. The number of aryl methyl sites for hydroxylation is 1. The van der Waals surface area contributed by atoms with Crippen LogP contribution in [0.1, 0.15) is 43.9 Å². The van der Waals surface area contributed by atoms with E-state index in [0.717, 1.165) is 35.9 Å². The van der Waals surface area contributed by atoms with Gasteiger partial charge in [0, 0.05) is 6.20 Å². The molecule has 0 aliphatic rings. The zero-order chi connectivity index (χ0) is 18.0. The van der Waals surface area contributed by atoms with E-state index in [0.29, 0.717) is 11.5 Å². The van der Waals surface area contributed by atoms with Crippen molar-refractivity contribution in [1.82, 2.24) is 9.78 Å². The fourth-order valence-electron chi connectivity index (χ4n) is 3.22. The molecule has 0 N–H and O–H groups in total. The average molecular weight is 340 g/mol. The van der Waals surface area contributed by atoms with Crippen molar-refractivity contribution in [3.63, 3.8) is 0 Å². The minimum absolute atomic E-state index is 0.429. The van der Waals surface area contributed by atoms with Gasteiger partial charge in [0.1, 0.15) is 0 Å². The number of aromatic nitrogens is 2. The maximum absolute atomic E-state index is 13.6. The molecular weight excluding hydrogens is 318 g/mol. The van der Waals surface area contributed by atoms with Gasteiger partial charge < -0.3 is 0 Å². The summed E-state index contributed by atoms with van der Waals surface area (Å²) in [6.45, 7) is 6.30. The van der Waals surface area contributed by atoms with Crippen LogP contribution < -0.4 is 0 Å². The van der Waals surface area contributed by atoms with Crippen LogP contribution in [0.25, 0.3) is 16.8 Å². The fourth-order valence-corrected chi connectivity index (χ4v) is 3.22. The molecule has 4 heteroatoms. The van der Waals surface area contributed by atoms with Crippen molar-refractivity contribution < 1.29 is 8.78 Å². The van der Waals surface area contributed by atoms with Gasteiger partial charge in [-0.3, -0.25) is 0 Å². The number of halogens is 2. The summed E-state index contributed by atoms with van der Waals surface area (Å²) >= 11 is 0. The predicted molar refractivity (Wildman–Crippen MR) is 97.0 cm³/mol. The summed E-state index contributed by atoms with van der Waals surface area (Å²) in [5.74, 6) is -1.24. The highest BCUT2D eigenvalue weighted by Crippen LogP contribution is 2.32. The van der Waals surface area contributed by atoms with E-state index in [4.69, 9.17) is 0 Å². The third-order valence-electron chi connectivity index (χ3n) is 4.68. The topological polar surface area (TPSA) is 17.8 Å². The van der Waals surface area contributed by atoms with Gasteiger partial charge in [0.2, 0.25) is 0 Å². The van der Waals surface area contributed by atoms with Crippen molar-refractivity contribution in [1.29, 1.82) is 0 Å². The maximum Gasteiger partial charge on any atom is 0.159 e. The molecule has 1 aromatic heterocycles. The molecule has 130 valence electrons. The van der Waals surface area contributed by atoms with E-state index in [-0.39, 0.29) is 0 Å². The van der Waals surface area contributed by atoms with Crippen molar-refractivity contribution in [2.75, 3.05) is 0 Å². The van der Waals surface area contributed by atoms with Gasteiger partial charge >= 0.3 is 0 Å². The van der Waals surface area contributed by atoms with Crippen LogP contribution in [0.5, 0.6) is 0 Å². The molecule has 0 unspecified atom stereocenters. The van der Waals surface area contributed by atoms with Gasteiger partial charge in [0.05, 0.1) is 11.4 Å². The fraction of sp³-hybridized carbons (Fsp3) is 0.286. The Bertz CT molecular complexity index is 879. The van der Waals surface area contributed by atoms with E-state index in [9.17, 15) is 8.78 Å². The Morgan fingerprint density at radius 1 is 0.920 bits per heavy atom. The Morgan fingerprint density at radius 3 is 2.20 bits per heavy atom. The van der Waals surface area contributed by atoms with Crippen molar-refractivity contribution in [2.45, 2.75) is 39.5 Å². The number of rotatable bonds is 5. The van der Waals surface area contributed by atoms with E-state index in [1.807, 2.05) is 36.0 Å². The van der Waals surface area contributed by atoms with E-state index in [1.54, 1.807) is 6.07 Å². The molecule has 0 saturated carbocycles. The highest BCUT2D eigenvalue weighted by atomic mass is 19.2. The monoisotopic (exact) mass is 340 g/mol. The van der Waals surface area contributed by atoms with Crippen LogP contribution in [-0.2, 0) is 0 Å². The van der Waals surface area contributed by atoms with Crippen molar-refractivity contribution >= 4 is 0 Å². The van der Waals surface area contributed by atoms with Crippen LogP contribution >= 0.6 is 0 Å². The maximum atomic E-state index is 13.6. The number of hydrogen-bond acceptors (Lipinski definition) is 1. The van der Waals surface area contributed by atoms with Crippen LogP contribution in [0.4, 0.5) is 8.78 Å². The Balaban J connectivity index is 2.15. The van der Waals surface area contributed by atoms with Crippen LogP contribution in [-0.4, -0.2) is 9.78 Å². The second-order valence-corrected chi connectivity index (χ2v) is 6.32. The first-order chi connectivity index (χ1) is 12.0. The van der Waals surface area contributed by atoms with Gasteiger partial charge in [-0.1, -0.05) is 32.0 Å². The first kappa shape index (κ1) is 17.3. The molecule has 0 aliphatic carbocycles. The largest absolute Gasteiger partial charge is 0.240 e. The highest BCUT2D eigenvalue weighted by Gasteiger charge is 2.16. The molecule has 3 aromatic rings. The van der Waals surface area contributed by atoms with Gasteiger partial charge in [-0.25, -0.2) is 13.5 Å². The number of benzene rings is 2. The minimum atomic E-state index is -0.835. The van der Waals surface area contributed by atoms with E-state index >= 15 is 0 Å². The van der Waals surface area contributed by atoms with Gasteiger partial charge in [0.25, 0.3) is 0 Å². The zero-order valence-corrected chi connectivity index (χ0v) is 14.8. The van der Waals surface area contributed by atoms with E-state index < -0.39 is 11.6 Å². The molecule has 1 heterocycles. The van der Waals surface area contributed by atoms with Gasteiger partial charge in [-0.05, 0) is 66.6 Å². The Morgan fingerprint density at radius 2 is 1.60 bits per heavy atom. The molecule has 25 heavy (non-hydrogen) atoms. The molecule has 0 spiro atoms. The summed E-state index contributed by atoms with van der Waals surface area (Å²) in [5, 5.41) is 4.54. The molecule has 3 rings (SSSR count). The second kappa shape index (κ2) is 7.18. The average Bonchev–Trinajstić information content (AvgIpc) is 3.05. The summed E-state index contributed by atoms with van der Waals surface area (Å²) in [5.41, 5.74) is 4.65. The van der Waals surface area contributed by atoms with Crippen LogP contribution in [0.15, 0.2) is 48.7 Å². The summed E-state index contributed by atoms with van der Waals surface area (Å²) in [6, 6.07) is 12.0. The van der Waals surface area contributed by atoms with Gasteiger partial charge in [-0.15, -0.1) is 0 Å². The standard InChI is InChI=1S/C21H22F2N2/c1-4-15(5-2)18-8-6-17(16-7-9-19(22)20(23)12-16)13-21(18)25-11-10-14(3)24-25/h6-13,15H,4-5H2,1-3H3. The summed E-state index contributed by atoms with van der Waals surface area (Å²) in [6.07, 6.45) is 4.01. The molecule has 0 aliphatic heterocycles. The Kier molecular flexibility index (Phi) is 4.98. The molecule has 0 atom stereocenters. The smallest absolute Gasteiger partial charge is 0.159 e. The van der Waals surface area contributed by atoms with Crippen molar-refractivity contribution in [3.8, 4) is 16.8 Å². The Labute approximate surface area is 147 Å². The van der Waals surface area contributed by atoms with Crippen LogP contribution in [0, 0.1) is 18.6 Å². The third-order valence-corrected chi connectivity index (χ3v) is 4.68. The lowest BCUT2D eigenvalue weighted by molar-refractivity contribution is 0.509. The molecule has 0 saturated heterocycles. The molecular formula is C21H22F2N2. The van der Waals surface area contributed by atoms with E-state index in [2.05, 4.69) is 25.0 Å². The highest BCUT2D eigenvalue weighted by molar-refractivity contribution is 5.67. The number of hydrogen-bond donors (Lipinski definition) is 0. The molecule has 2 nitrogen and oxygen atoms in total. The normalized spacial score (nSPS) is 11.3. The lowest BCUT2D eigenvalue weighted by Crippen LogP contribution is -2.05. The van der Waals surface area contributed by atoms with Gasteiger partial charge in [0.15, 0.2) is 11.6 Å². The summed E-state index contributed by atoms with van der Waals surface area (Å²) < 4.78 is 28.7. The van der Waals surface area contributed by atoms with Crippen molar-refractivity contribution in [2.24, 2.45) is 0 Å². The third kappa shape index (κ3) is 3.48. The summed E-state index contributed by atoms with van der Waals surface area (Å²) in [4.78, 5) is 0. The molecule has 0 amide bonds. The second-order valence-electron chi connectivity index (χ2n) is 6.32. The Hall–Kier alpha value is -2.49. The molecule has 0 bridgehead atoms. The predicted octanol–water partition coefficient (Wildman–Crippen LogP) is 6.03. The van der Waals surface area contributed by atoms with Crippen LogP contribution in [0.2, 0.25) is 0 Å². The van der Waals surface area contributed by atoms with Crippen molar-refractivity contribution in [3.05, 3.63) is 71.6 Å². The van der Waals surface area contributed by atoms with Gasteiger partial charge in [-0.2, -0.15) is 5.10 Å². The lowest BCUT2D eigenvalue weighted by Gasteiger charge is -2.19. The van der Waals surface area contributed by atoms with E-state index in [1.165, 1.54) is 11.6 Å². The first-order valence-electron chi connectivity index (χ1n) is 8.65. The lowest BCUT2D eigenvalue weighted by atomic mass is 9.90. The molecule has 2 aromatic carbocycles. The SMILES string of the molecule is CCC(CC)c1ccc(-c2ccc(F)c(F)c2)cc1-n1ccc(C)n1.